The molecule has 2 aromatic heterocycles. The van der Waals surface area contributed by atoms with E-state index in [9.17, 15) is 4.79 Å². The molecule has 0 spiro atoms. The lowest BCUT2D eigenvalue weighted by Crippen LogP contribution is -2.18. The van der Waals surface area contributed by atoms with Gasteiger partial charge in [0.25, 0.3) is 0 Å². The first-order chi connectivity index (χ1) is 9.15. The number of aromatic nitrogens is 3. The van der Waals surface area contributed by atoms with Crippen LogP contribution >= 0.6 is 34.7 Å². The smallest absolute Gasteiger partial charge is 0.329 e. The predicted molar refractivity (Wildman–Crippen MR) is 80.1 cm³/mol. The number of aromatic amines is 1. The van der Waals surface area contributed by atoms with Crippen molar-refractivity contribution in [3.05, 3.63) is 31.8 Å². The zero-order valence-corrected chi connectivity index (χ0v) is 12.8. The molecule has 1 atom stereocenters. The van der Waals surface area contributed by atoms with Crippen LogP contribution in [0.4, 0.5) is 0 Å². The number of nitrogens with zero attached hydrogens (tertiary/aromatic N) is 2. The molecule has 2 heterocycles. The van der Waals surface area contributed by atoms with E-state index in [2.05, 4.69) is 10.2 Å². The van der Waals surface area contributed by atoms with Crippen LogP contribution in [-0.2, 0) is 6.54 Å². The molecule has 0 aliphatic carbocycles. The van der Waals surface area contributed by atoms with Crippen molar-refractivity contribution in [2.75, 3.05) is 6.54 Å². The van der Waals surface area contributed by atoms with Crippen molar-refractivity contribution in [3.63, 3.8) is 0 Å². The summed E-state index contributed by atoms with van der Waals surface area (Å²) < 4.78 is 2.38. The van der Waals surface area contributed by atoms with Crippen LogP contribution < -0.4 is 11.4 Å². The molecule has 2 rings (SSSR count). The minimum absolute atomic E-state index is 0.0586. The lowest BCUT2D eigenvalue weighted by atomic mass is 10.3. The first kappa shape index (κ1) is 14.6. The maximum atomic E-state index is 11.6. The highest BCUT2D eigenvalue weighted by atomic mass is 35.5. The quantitative estimate of drug-likeness (QED) is 0.802. The molecule has 0 radical (unpaired) electrons. The molecule has 0 saturated heterocycles. The monoisotopic (exact) mass is 318 g/mol. The molecule has 0 amide bonds. The molecule has 0 saturated carbocycles. The highest BCUT2D eigenvalue weighted by Gasteiger charge is 2.18. The summed E-state index contributed by atoms with van der Waals surface area (Å²) in [6.45, 7) is 3.14. The average molecular weight is 319 g/mol. The van der Waals surface area contributed by atoms with E-state index in [4.69, 9.17) is 17.3 Å². The maximum Gasteiger partial charge on any atom is 0.343 e. The van der Waals surface area contributed by atoms with Crippen LogP contribution in [0.25, 0.3) is 0 Å². The second kappa shape index (κ2) is 6.60. The number of hydrogen-bond acceptors (Lipinski definition) is 5. The van der Waals surface area contributed by atoms with Gasteiger partial charge in [-0.3, -0.25) is 4.57 Å². The van der Waals surface area contributed by atoms with Gasteiger partial charge in [-0.05, 0) is 18.6 Å². The summed E-state index contributed by atoms with van der Waals surface area (Å²) in [7, 11) is 0. The van der Waals surface area contributed by atoms with Crippen molar-refractivity contribution in [2.45, 2.75) is 30.3 Å². The average Bonchev–Trinajstić information content (AvgIpc) is 2.96. The third-order valence-electron chi connectivity index (χ3n) is 2.54. The van der Waals surface area contributed by atoms with E-state index in [1.165, 1.54) is 23.1 Å². The Morgan fingerprint density at radius 1 is 1.63 bits per heavy atom. The number of hydrogen-bond donors (Lipinski definition) is 2. The van der Waals surface area contributed by atoms with E-state index in [1.807, 2.05) is 19.1 Å². The summed E-state index contributed by atoms with van der Waals surface area (Å²) in [6, 6.07) is 3.82. The molecular weight excluding hydrogens is 304 g/mol. The maximum absolute atomic E-state index is 11.6. The number of thiophene rings is 1. The van der Waals surface area contributed by atoms with Crippen LogP contribution in [0.5, 0.6) is 0 Å². The molecular formula is C11H15ClN4OS2. The molecule has 3 N–H and O–H groups in total. The number of halogens is 1. The van der Waals surface area contributed by atoms with Gasteiger partial charge in [-0.2, -0.15) is 0 Å². The molecule has 5 nitrogen and oxygen atoms in total. The van der Waals surface area contributed by atoms with Gasteiger partial charge in [-0.1, -0.05) is 30.3 Å². The molecule has 104 valence electrons. The standard InChI is InChI=1S/C11H15ClN4OS2/c1-2-5-16-10(17)14-15-11(16)19-8(6-13)7-3-4-9(12)18-7/h3-4,8H,2,5-6,13H2,1H3,(H,14,17). The minimum atomic E-state index is -0.177. The Morgan fingerprint density at radius 3 is 3.00 bits per heavy atom. The second-order valence-electron chi connectivity index (χ2n) is 3.95. The summed E-state index contributed by atoms with van der Waals surface area (Å²) in [6.07, 6.45) is 0.880. The lowest BCUT2D eigenvalue weighted by molar-refractivity contribution is 0.603. The minimum Gasteiger partial charge on any atom is -0.329 e. The zero-order chi connectivity index (χ0) is 13.8. The van der Waals surface area contributed by atoms with E-state index in [1.54, 1.807) is 4.57 Å². The number of thioether (sulfide) groups is 1. The SMILES string of the molecule is CCCn1c(SC(CN)c2ccc(Cl)s2)n[nH]c1=O. The molecule has 1 unspecified atom stereocenters. The number of nitrogens with two attached hydrogens (primary N) is 1. The van der Waals surface area contributed by atoms with Gasteiger partial charge in [-0.15, -0.1) is 16.4 Å². The van der Waals surface area contributed by atoms with Gasteiger partial charge in [0.05, 0.1) is 9.59 Å². The van der Waals surface area contributed by atoms with Crippen LogP contribution in [0.3, 0.4) is 0 Å². The van der Waals surface area contributed by atoms with Gasteiger partial charge in [0.15, 0.2) is 5.16 Å². The fraction of sp³-hybridized carbons (Fsp3) is 0.455. The Labute approximate surface area is 124 Å². The van der Waals surface area contributed by atoms with Crippen LogP contribution in [0.2, 0.25) is 4.34 Å². The normalized spacial score (nSPS) is 12.8. The Balaban J connectivity index is 2.21. The molecule has 19 heavy (non-hydrogen) atoms. The Hall–Kier alpha value is -0.760. The number of nitrogens with one attached hydrogen (secondary N) is 1. The van der Waals surface area contributed by atoms with Crippen LogP contribution in [-0.4, -0.2) is 21.3 Å². The summed E-state index contributed by atoms with van der Waals surface area (Å²) >= 11 is 8.94. The van der Waals surface area contributed by atoms with Crippen LogP contribution in [0.1, 0.15) is 23.5 Å². The van der Waals surface area contributed by atoms with Gasteiger partial charge in [0.1, 0.15) is 0 Å². The van der Waals surface area contributed by atoms with Gasteiger partial charge in [-0.25, -0.2) is 9.89 Å². The van der Waals surface area contributed by atoms with Gasteiger partial charge in [0, 0.05) is 18.0 Å². The zero-order valence-electron chi connectivity index (χ0n) is 10.4. The van der Waals surface area contributed by atoms with E-state index in [-0.39, 0.29) is 10.9 Å². The third-order valence-corrected chi connectivity index (χ3v) is 5.29. The highest BCUT2D eigenvalue weighted by molar-refractivity contribution is 7.99. The molecule has 0 aliphatic heterocycles. The first-order valence-electron chi connectivity index (χ1n) is 5.92. The first-order valence-corrected chi connectivity index (χ1v) is 8.00. The van der Waals surface area contributed by atoms with Crippen molar-refractivity contribution in [3.8, 4) is 0 Å². The second-order valence-corrected chi connectivity index (χ2v) is 6.86. The van der Waals surface area contributed by atoms with Crippen molar-refractivity contribution in [2.24, 2.45) is 5.73 Å². The number of H-pyrrole nitrogens is 1. The van der Waals surface area contributed by atoms with Crippen molar-refractivity contribution in [1.82, 2.24) is 14.8 Å². The summed E-state index contributed by atoms with van der Waals surface area (Å²) in [5.41, 5.74) is 5.63. The van der Waals surface area contributed by atoms with Gasteiger partial charge in [0.2, 0.25) is 0 Å². The molecule has 0 aliphatic rings. The topological polar surface area (TPSA) is 76.7 Å². The molecule has 0 aromatic carbocycles. The van der Waals surface area contributed by atoms with Crippen molar-refractivity contribution in [1.29, 1.82) is 0 Å². The Kier molecular flexibility index (Phi) is 5.09. The predicted octanol–water partition coefficient (Wildman–Crippen LogP) is 2.49. The highest BCUT2D eigenvalue weighted by Crippen LogP contribution is 2.37. The Bertz CT molecular complexity index is 592. The molecule has 8 heteroatoms. The van der Waals surface area contributed by atoms with Crippen molar-refractivity contribution >= 4 is 34.7 Å². The van der Waals surface area contributed by atoms with E-state index < -0.39 is 0 Å². The van der Waals surface area contributed by atoms with E-state index >= 15 is 0 Å². The van der Waals surface area contributed by atoms with Crippen molar-refractivity contribution < 1.29 is 0 Å². The third kappa shape index (κ3) is 3.42. The fourth-order valence-electron chi connectivity index (χ4n) is 1.66. The summed E-state index contributed by atoms with van der Waals surface area (Å²) in [5.74, 6) is 0. The fourth-order valence-corrected chi connectivity index (χ4v) is 3.95. The van der Waals surface area contributed by atoms with Crippen LogP contribution in [0, 0.1) is 0 Å². The summed E-state index contributed by atoms with van der Waals surface area (Å²) in [5, 5.41) is 7.27. The van der Waals surface area contributed by atoms with E-state index in [0.29, 0.717) is 18.2 Å². The van der Waals surface area contributed by atoms with Crippen LogP contribution in [0.15, 0.2) is 22.1 Å². The van der Waals surface area contributed by atoms with Gasteiger partial charge >= 0.3 is 5.69 Å². The molecule has 2 aromatic rings. The van der Waals surface area contributed by atoms with Gasteiger partial charge < -0.3 is 5.73 Å². The largest absolute Gasteiger partial charge is 0.343 e. The molecule has 0 bridgehead atoms. The number of rotatable bonds is 6. The van der Waals surface area contributed by atoms with E-state index in [0.717, 1.165) is 15.6 Å². The lowest BCUT2D eigenvalue weighted by Gasteiger charge is -2.12. The Morgan fingerprint density at radius 2 is 2.42 bits per heavy atom. The molecule has 0 fully saturated rings. The summed E-state index contributed by atoms with van der Waals surface area (Å²) in [4.78, 5) is 12.7.